The van der Waals surface area contributed by atoms with Crippen molar-refractivity contribution in [3.05, 3.63) is 29.8 Å². The third-order valence-electron chi connectivity index (χ3n) is 3.18. The van der Waals surface area contributed by atoms with Gasteiger partial charge < -0.3 is 20.1 Å². The Morgan fingerprint density at radius 1 is 1.25 bits per heavy atom. The second-order valence-corrected chi connectivity index (χ2v) is 4.52. The summed E-state index contributed by atoms with van der Waals surface area (Å²) in [4.78, 5) is 24.7. The minimum absolute atomic E-state index is 0.0635. The fourth-order valence-corrected chi connectivity index (χ4v) is 2.10. The maximum absolute atomic E-state index is 11.9. The second-order valence-electron chi connectivity index (χ2n) is 4.52. The molecule has 0 saturated carbocycles. The van der Waals surface area contributed by atoms with Crippen molar-refractivity contribution in [1.82, 2.24) is 4.90 Å². The lowest BCUT2D eigenvalue weighted by Crippen LogP contribution is -2.41. The van der Waals surface area contributed by atoms with Crippen molar-refractivity contribution in [3.63, 3.8) is 0 Å². The van der Waals surface area contributed by atoms with E-state index in [0.29, 0.717) is 45.0 Å². The highest BCUT2D eigenvalue weighted by molar-refractivity contribution is 5.94. The summed E-state index contributed by atoms with van der Waals surface area (Å²) in [6.07, 6.45) is 0.341. The Morgan fingerprint density at radius 3 is 2.65 bits per heavy atom. The number of morpholine rings is 1. The molecule has 20 heavy (non-hydrogen) atoms. The highest BCUT2D eigenvalue weighted by Gasteiger charge is 2.16. The Labute approximate surface area is 117 Å². The van der Waals surface area contributed by atoms with E-state index in [1.165, 1.54) is 6.07 Å². The molecule has 1 aliphatic heterocycles. The fourth-order valence-electron chi connectivity index (χ4n) is 2.10. The van der Waals surface area contributed by atoms with E-state index >= 15 is 0 Å². The third kappa shape index (κ3) is 3.71. The van der Waals surface area contributed by atoms with E-state index < -0.39 is 5.97 Å². The molecule has 6 nitrogen and oxygen atoms in total. The Bertz CT molecular complexity index is 484. The van der Waals surface area contributed by atoms with Crippen LogP contribution in [0.4, 0.5) is 5.69 Å². The Kier molecular flexibility index (Phi) is 4.95. The number of carboxylic acid groups (broad SMARTS) is 1. The van der Waals surface area contributed by atoms with Gasteiger partial charge in [0.1, 0.15) is 0 Å². The number of benzene rings is 1. The van der Waals surface area contributed by atoms with Crippen LogP contribution in [0.5, 0.6) is 0 Å². The molecule has 0 aromatic heterocycles. The van der Waals surface area contributed by atoms with Crippen LogP contribution >= 0.6 is 0 Å². The van der Waals surface area contributed by atoms with Crippen LogP contribution in [-0.4, -0.2) is 54.7 Å². The molecule has 0 radical (unpaired) electrons. The van der Waals surface area contributed by atoms with Crippen LogP contribution < -0.4 is 5.32 Å². The molecule has 1 fully saturated rings. The highest BCUT2D eigenvalue weighted by atomic mass is 16.5. The van der Waals surface area contributed by atoms with Crippen LogP contribution in [0, 0.1) is 0 Å². The smallest absolute Gasteiger partial charge is 0.337 e. The topological polar surface area (TPSA) is 78.9 Å². The van der Waals surface area contributed by atoms with Gasteiger partial charge in [-0.25, -0.2) is 4.79 Å². The lowest BCUT2D eigenvalue weighted by molar-refractivity contribution is -0.134. The van der Waals surface area contributed by atoms with Crippen LogP contribution in [-0.2, 0) is 9.53 Å². The molecule has 1 saturated heterocycles. The standard InChI is InChI=1S/C14H18N2O4/c17-13(16-7-9-20-10-8-16)5-6-15-12-4-2-1-3-11(12)14(18)19/h1-4,15H,5-10H2,(H,18,19). The van der Waals surface area contributed by atoms with Gasteiger partial charge in [-0.05, 0) is 12.1 Å². The number of nitrogens with one attached hydrogen (secondary N) is 1. The number of anilines is 1. The monoisotopic (exact) mass is 278 g/mol. The molecule has 1 amide bonds. The van der Waals surface area contributed by atoms with Crippen LogP contribution in [0.2, 0.25) is 0 Å². The summed E-state index contributed by atoms with van der Waals surface area (Å²) in [6, 6.07) is 6.67. The van der Waals surface area contributed by atoms with Crippen LogP contribution in [0.1, 0.15) is 16.8 Å². The van der Waals surface area contributed by atoms with Gasteiger partial charge in [0, 0.05) is 31.7 Å². The largest absolute Gasteiger partial charge is 0.478 e. The number of ether oxygens (including phenoxy) is 1. The molecule has 2 N–H and O–H groups in total. The number of carbonyl (C=O) groups is 2. The van der Waals surface area contributed by atoms with E-state index in [0.717, 1.165) is 0 Å². The maximum atomic E-state index is 11.9. The van der Waals surface area contributed by atoms with Crippen molar-refractivity contribution in [3.8, 4) is 0 Å². The lowest BCUT2D eigenvalue weighted by atomic mass is 10.2. The predicted molar refractivity (Wildman–Crippen MR) is 73.9 cm³/mol. The number of carbonyl (C=O) groups excluding carboxylic acids is 1. The van der Waals surface area contributed by atoms with Crippen molar-refractivity contribution < 1.29 is 19.4 Å². The second kappa shape index (κ2) is 6.91. The summed E-state index contributed by atoms with van der Waals surface area (Å²) in [5, 5.41) is 12.1. The van der Waals surface area contributed by atoms with Gasteiger partial charge in [0.15, 0.2) is 0 Å². The van der Waals surface area contributed by atoms with Crippen LogP contribution in [0.25, 0.3) is 0 Å². The summed E-state index contributed by atoms with van der Waals surface area (Å²) in [7, 11) is 0. The SMILES string of the molecule is O=C(O)c1ccccc1NCCC(=O)N1CCOCC1. The number of hydrogen-bond donors (Lipinski definition) is 2. The number of aromatic carboxylic acids is 1. The average molecular weight is 278 g/mol. The molecule has 108 valence electrons. The molecular weight excluding hydrogens is 260 g/mol. The molecule has 0 spiro atoms. The summed E-state index contributed by atoms with van der Waals surface area (Å²) in [5.74, 6) is -0.916. The zero-order valence-electron chi connectivity index (χ0n) is 11.2. The minimum atomic E-state index is -0.979. The van der Waals surface area contributed by atoms with Gasteiger partial charge in [0.05, 0.1) is 18.8 Å². The Hall–Kier alpha value is -2.08. The van der Waals surface area contributed by atoms with Crippen molar-refractivity contribution >= 4 is 17.6 Å². The van der Waals surface area contributed by atoms with Crippen molar-refractivity contribution in [2.24, 2.45) is 0 Å². The number of para-hydroxylation sites is 1. The van der Waals surface area contributed by atoms with Gasteiger partial charge in [0.25, 0.3) is 0 Å². The van der Waals surface area contributed by atoms with E-state index in [9.17, 15) is 9.59 Å². The molecule has 1 aliphatic rings. The van der Waals surface area contributed by atoms with E-state index in [1.54, 1.807) is 23.1 Å². The van der Waals surface area contributed by atoms with Gasteiger partial charge in [-0.3, -0.25) is 4.79 Å². The molecule has 1 heterocycles. The molecule has 0 atom stereocenters. The van der Waals surface area contributed by atoms with Gasteiger partial charge >= 0.3 is 5.97 Å². The summed E-state index contributed by atoms with van der Waals surface area (Å²) in [6.45, 7) is 2.84. The average Bonchev–Trinajstić information content (AvgIpc) is 2.48. The first kappa shape index (κ1) is 14.3. The quantitative estimate of drug-likeness (QED) is 0.841. The first-order chi connectivity index (χ1) is 9.68. The first-order valence-electron chi connectivity index (χ1n) is 6.60. The van der Waals surface area contributed by atoms with Crippen molar-refractivity contribution in [2.45, 2.75) is 6.42 Å². The van der Waals surface area contributed by atoms with Gasteiger partial charge in [-0.15, -0.1) is 0 Å². The summed E-state index contributed by atoms with van der Waals surface area (Å²) < 4.78 is 5.19. The number of hydrogen-bond acceptors (Lipinski definition) is 4. The normalized spacial score (nSPS) is 14.9. The van der Waals surface area contributed by atoms with Gasteiger partial charge in [0.2, 0.25) is 5.91 Å². The van der Waals surface area contributed by atoms with Crippen molar-refractivity contribution in [2.75, 3.05) is 38.2 Å². The molecular formula is C14H18N2O4. The fraction of sp³-hybridized carbons (Fsp3) is 0.429. The summed E-state index contributed by atoms with van der Waals surface area (Å²) >= 11 is 0. The van der Waals surface area contributed by atoms with Crippen LogP contribution in [0.15, 0.2) is 24.3 Å². The number of nitrogens with zero attached hydrogens (tertiary/aromatic N) is 1. The zero-order chi connectivity index (χ0) is 14.4. The molecule has 1 aromatic carbocycles. The van der Waals surface area contributed by atoms with E-state index in [1.807, 2.05) is 0 Å². The number of amides is 1. The maximum Gasteiger partial charge on any atom is 0.337 e. The molecule has 0 unspecified atom stereocenters. The first-order valence-corrected chi connectivity index (χ1v) is 6.60. The minimum Gasteiger partial charge on any atom is -0.478 e. The van der Waals surface area contributed by atoms with Gasteiger partial charge in [-0.2, -0.15) is 0 Å². The summed E-state index contributed by atoms with van der Waals surface area (Å²) in [5.41, 5.74) is 0.751. The molecule has 0 bridgehead atoms. The van der Waals surface area contributed by atoms with Crippen molar-refractivity contribution in [1.29, 1.82) is 0 Å². The van der Waals surface area contributed by atoms with E-state index in [4.69, 9.17) is 9.84 Å². The van der Waals surface area contributed by atoms with E-state index in [-0.39, 0.29) is 11.5 Å². The molecule has 6 heteroatoms. The molecule has 1 aromatic rings. The van der Waals surface area contributed by atoms with E-state index in [2.05, 4.69) is 5.32 Å². The number of rotatable bonds is 5. The Morgan fingerprint density at radius 2 is 1.95 bits per heavy atom. The lowest BCUT2D eigenvalue weighted by Gasteiger charge is -2.27. The van der Waals surface area contributed by atoms with Gasteiger partial charge in [-0.1, -0.05) is 12.1 Å². The van der Waals surface area contributed by atoms with Crippen LogP contribution in [0.3, 0.4) is 0 Å². The third-order valence-corrected chi connectivity index (χ3v) is 3.18. The highest BCUT2D eigenvalue weighted by Crippen LogP contribution is 2.14. The zero-order valence-corrected chi connectivity index (χ0v) is 11.2. The predicted octanol–water partition coefficient (Wildman–Crippen LogP) is 1.05. The Balaban J connectivity index is 1.83. The molecule has 0 aliphatic carbocycles. The molecule has 2 rings (SSSR count). The number of carboxylic acids is 1.